The van der Waals surface area contributed by atoms with Crippen molar-refractivity contribution in [3.8, 4) is 0 Å². The maximum absolute atomic E-state index is 12.7. The van der Waals surface area contributed by atoms with Gasteiger partial charge in [-0.05, 0) is 25.7 Å². The second-order valence-corrected chi connectivity index (χ2v) is 5.98. The average Bonchev–Trinajstić information content (AvgIpc) is 2.87. The van der Waals surface area contributed by atoms with Gasteiger partial charge in [0, 0.05) is 32.6 Å². The fraction of sp³-hybridized carbons (Fsp3) is 0.857. The molecule has 1 saturated heterocycles. The van der Waals surface area contributed by atoms with Crippen LogP contribution in [0.3, 0.4) is 0 Å². The van der Waals surface area contributed by atoms with E-state index in [0.717, 1.165) is 45.1 Å². The summed E-state index contributed by atoms with van der Waals surface area (Å²) < 4.78 is 0. The van der Waals surface area contributed by atoms with E-state index in [0.29, 0.717) is 13.1 Å². The molecule has 0 bridgehead atoms. The number of carbonyl (C=O) groups excluding carboxylic acids is 2. The molecule has 5 nitrogen and oxygen atoms in total. The number of carbonyl (C=O) groups is 2. The van der Waals surface area contributed by atoms with Crippen LogP contribution in [0.1, 0.15) is 45.4 Å². The van der Waals surface area contributed by atoms with Crippen LogP contribution in [-0.2, 0) is 9.59 Å². The second kappa shape index (κ2) is 7.27. The molecule has 1 aliphatic heterocycles. The lowest BCUT2D eigenvalue weighted by Gasteiger charge is -2.38. The van der Waals surface area contributed by atoms with E-state index in [9.17, 15) is 9.59 Å². The van der Waals surface area contributed by atoms with Gasteiger partial charge in [-0.2, -0.15) is 0 Å². The molecule has 6 heteroatoms. The largest absolute Gasteiger partial charge is 0.352 e. The molecule has 3 N–H and O–H groups in total. The zero-order valence-corrected chi connectivity index (χ0v) is 13.0. The topological polar surface area (TPSA) is 75.4 Å². The highest BCUT2D eigenvalue weighted by Gasteiger charge is 2.43. The lowest BCUT2D eigenvalue weighted by Crippen LogP contribution is -2.54. The monoisotopic (exact) mass is 303 g/mol. The number of halogens is 1. The summed E-state index contributed by atoms with van der Waals surface area (Å²) in [6.45, 7) is 3.42. The fourth-order valence-electron chi connectivity index (χ4n) is 3.46. The molecule has 2 aliphatic rings. The van der Waals surface area contributed by atoms with E-state index in [-0.39, 0.29) is 35.7 Å². The van der Waals surface area contributed by atoms with E-state index < -0.39 is 0 Å². The number of piperidine rings is 1. The van der Waals surface area contributed by atoms with Gasteiger partial charge in [0.2, 0.25) is 11.8 Å². The van der Waals surface area contributed by atoms with Gasteiger partial charge in [0.25, 0.3) is 0 Å². The molecular formula is C14H26ClN3O2. The number of likely N-dealkylation sites (tertiary alicyclic amines) is 1. The molecule has 20 heavy (non-hydrogen) atoms. The first-order valence-corrected chi connectivity index (χ1v) is 7.34. The minimum atomic E-state index is -0.321. The fourth-order valence-corrected chi connectivity index (χ4v) is 3.46. The third-order valence-electron chi connectivity index (χ3n) is 4.52. The molecule has 1 aliphatic carbocycles. The maximum Gasteiger partial charge on any atom is 0.230 e. The predicted molar refractivity (Wildman–Crippen MR) is 80.6 cm³/mol. The summed E-state index contributed by atoms with van der Waals surface area (Å²) in [4.78, 5) is 25.8. The molecule has 1 atom stereocenters. The van der Waals surface area contributed by atoms with Gasteiger partial charge >= 0.3 is 0 Å². The summed E-state index contributed by atoms with van der Waals surface area (Å²) >= 11 is 0. The van der Waals surface area contributed by atoms with Gasteiger partial charge in [0.05, 0.1) is 5.41 Å². The van der Waals surface area contributed by atoms with Crippen LogP contribution in [0.2, 0.25) is 0 Å². The van der Waals surface area contributed by atoms with Crippen LogP contribution in [0.4, 0.5) is 0 Å². The van der Waals surface area contributed by atoms with Crippen LogP contribution in [-0.4, -0.2) is 42.4 Å². The van der Waals surface area contributed by atoms with Gasteiger partial charge < -0.3 is 16.0 Å². The lowest BCUT2D eigenvalue weighted by atomic mass is 9.84. The Labute approximate surface area is 127 Å². The Morgan fingerprint density at radius 2 is 1.95 bits per heavy atom. The number of nitrogens with one attached hydrogen (secondary N) is 1. The Morgan fingerprint density at radius 3 is 2.50 bits per heavy atom. The molecule has 1 unspecified atom stereocenters. The number of nitrogens with zero attached hydrogens (tertiary/aromatic N) is 1. The molecule has 0 spiro atoms. The summed E-state index contributed by atoms with van der Waals surface area (Å²) in [5.41, 5.74) is 5.55. The molecule has 0 aromatic carbocycles. The van der Waals surface area contributed by atoms with Gasteiger partial charge in [-0.15, -0.1) is 12.4 Å². The van der Waals surface area contributed by atoms with Crippen molar-refractivity contribution < 1.29 is 9.59 Å². The molecule has 1 heterocycles. The summed E-state index contributed by atoms with van der Waals surface area (Å²) in [6, 6.07) is 0.103. The smallest absolute Gasteiger partial charge is 0.230 e. The highest BCUT2D eigenvalue weighted by atomic mass is 35.5. The molecule has 2 fully saturated rings. The quantitative estimate of drug-likeness (QED) is 0.818. The average molecular weight is 304 g/mol. The lowest BCUT2D eigenvalue weighted by molar-refractivity contribution is -0.143. The van der Waals surface area contributed by atoms with Crippen LogP contribution < -0.4 is 11.1 Å². The minimum absolute atomic E-state index is 0. The number of rotatable bonds is 3. The predicted octanol–water partition coefficient (Wildman–Crippen LogP) is 1.05. The molecule has 1 saturated carbocycles. The Balaban J connectivity index is 0.00000200. The van der Waals surface area contributed by atoms with E-state index in [1.165, 1.54) is 6.92 Å². The highest BCUT2D eigenvalue weighted by molar-refractivity contribution is 5.85. The van der Waals surface area contributed by atoms with Crippen molar-refractivity contribution in [2.75, 3.05) is 19.6 Å². The molecule has 2 amide bonds. The van der Waals surface area contributed by atoms with Gasteiger partial charge in [-0.3, -0.25) is 9.59 Å². The van der Waals surface area contributed by atoms with Crippen LogP contribution in [0.25, 0.3) is 0 Å². The van der Waals surface area contributed by atoms with Crippen LogP contribution >= 0.6 is 12.4 Å². The van der Waals surface area contributed by atoms with Gasteiger partial charge in [0.1, 0.15) is 0 Å². The summed E-state index contributed by atoms with van der Waals surface area (Å²) in [5, 5.41) is 2.92. The van der Waals surface area contributed by atoms with E-state index >= 15 is 0 Å². The first-order chi connectivity index (χ1) is 9.07. The minimum Gasteiger partial charge on any atom is -0.352 e. The van der Waals surface area contributed by atoms with Crippen molar-refractivity contribution in [3.63, 3.8) is 0 Å². The highest BCUT2D eigenvalue weighted by Crippen LogP contribution is 2.39. The number of nitrogens with two attached hydrogens (primary N) is 1. The van der Waals surface area contributed by atoms with E-state index in [1.807, 2.05) is 4.90 Å². The van der Waals surface area contributed by atoms with Gasteiger partial charge in [-0.25, -0.2) is 0 Å². The normalized spacial score (nSPS) is 24.9. The summed E-state index contributed by atoms with van der Waals surface area (Å²) in [5.74, 6) is 0.191. The zero-order chi connectivity index (χ0) is 13.9. The first kappa shape index (κ1) is 17.2. The number of hydrogen-bond donors (Lipinski definition) is 2. The first-order valence-electron chi connectivity index (χ1n) is 7.34. The molecule has 2 rings (SSSR count). The van der Waals surface area contributed by atoms with Gasteiger partial charge in [0.15, 0.2) is 0 Å². The summed E-state index contributed by atoms with van der Waals surface area (Å²) in [6.07, 6.45) is 5.96. The zero-order valence-electron chi connectivity index (χ0n) is 12.2. The van der Waals surface area contributed by atoms with Crippen molar-refractivity contribution >= 4 is 24.2 Å². The number of hydrogen-bond acceptors (Lipinski definition) is 3. The SMILES string of the molecule is CC(=O)NC1CCCN(C(=O)C2(CN)CCCC2)C1.Cl. The second-order valence-electron chi connectivity index (χ2n) is 5.98. The molecule has 116 valence electrons. The Kier molecular flexibility index (Phi) is 6.27. The Bertz CT molecular complexity index is 356. The van der Waals surface area contributed by atoms with Crippen LogP contribution in [0, 0.1) is 5.41 Å². The van der Waals surface area contributed by atoms with E-state index in [4.69, 9.17) is 5.73 Å². The molecule has 0 aromatic heterocycles. The van der Waals surface area contributed by atoms with Crippen LogP contribution in [0.5, 0.6) is 0 Å². The molecule has 0 aromatic rings. The third kappa shape index (κ3) is 3.64. The van der Waals surface area contributed by atoms with Crippen molar-refractivity contribution in [1.29, 1.82) is 0 Å². The van der Waals surface area contributed by atoms with Crippen molar-refractivity contribution in [2.24, 2.45) is 11.1 Å². The van der Waals surface area contributed by atoms with Gasteiger partial charge in [-0.1, -0.05) is 12.8 Å². The van der Waals surface area contributed by atoms with E-state index in [2.05, 4.69) is 5.32 Å². The van der Waals surface area contributed by atoms with Crippen molar-refractivity contribution in [3.05, 3.63) is 0 Å². The van der Waals surface area contributed by atoms with E-state index in [1.54, 1.807) is 0 Å². The Hall–Kier alpha value is -0.810. The van der Waals surface area contributed by atoms with Crippen LogP contribution in [0.15, 0.2) is 0 Å². The van der Waals surface area contributed by atoms with Crippen molar-refractivity contribution in [1.82, 2.24) is 10.2 Å². The standard InChI is InChI=1S/C14H25N3O2.ClH/c1-11(18)16-12-5-4-8-17(9-12)13(19)14(10-15)6-2-3-7-14;/h12H,2-10,15H2,1H3,(H,16,18);1H. The Morgan fingerprint density at radius 1 is 1.30 bits per heavy atom. The maximum atomic E-state index is 12.7. The van der Waals surface area contributed by atoms with Crippen molar-refractivity contribution in [2.45, 2.75) is 51.5 Å². The number of amides is 2. The molecule has 0 radical (unpaired) electrons. The third-order valence-corrected chi connectivity index (χ3v) is 4.52. The summed E-state index contributed by atoms with van der Waals surface area (Å²) in [7, 11) is 0. The molecular weight excluding hydrogens is 278 g/mol.